The van der Waals surface area contributed by atoms with Crippen molar-refractivity contribution in [2.45, 2.75) is 20.0 Å². The van der Waals surface area contributed by atoms with Crippen molar-refractivity contribution in [3.05, 3.63) is 52.0 Å². The van der Waals surface area contributed by atoms with Crippen LogP contribution in [0.1, 0.15) is 33.2 Å². The van der Waals surface area contributed by atoms with E-state index in [9.17, 15) is 14.4 Å². The number of carbonyl (C=O) groups is 3. The fraction of sp³-hybridized carbons (Fsp3) is 0.250. The quantitative estimate of drug-likeness (QED) is 0.558. The topological polar surface area (TPSA) is 90.9 Å². The minimum Gasteiger partial charge on any atom is -0.493 e. The lowest BCUT2D eigenvalue weighted by molar-refractivity contribution is -0.123. The van der Waals surface area contributed by atoms with Crippen molar-refractivity contribution in [3.8, 4) is 11.5 Å². The molecule has 1 amide bonds. The third-order valence-corrected chi connectivity index (χ3v) is 4.50. The van der Waals surface area contributed by atoms with Gasteiger partial charge in [-0.3, -0.25) is 9.59 Å². The number of halogens is 1. The zero-order valence-electron chi connectivity index (χ0n) is 15.9. The van der Waals surface area contributed by atoms with E-state index in [0.29, 0.717) is 22.6 Å². The molecule has 0 aliphatic rings. The van der Waals surface area contributed by atoms with Gasteiger partial charge in [0.2, 0.25) is 0 Å². The minimum atomic E-state index is -1.14. The lowest BCUT2D eigenvalue weighted by atomic mass is 10.1. The van der Waals surface area contributed by atoms with Crippen molar-refractivity contribution >= 4 is 35.5 Å². The van der Waals surface area contributed by atoms with Crippen molar-refractivity contribution in [2.75, 3.05) is 19.5 Å². The Balaban J connectivity index is 2.23. The van der Waals surface area contributed by atoms with Gasteiger partial charge in [-0.05, 0) is 43.7 Å². The molecule has 0 heterocycles. The highest BCUT2D eigenvalue weighted by Gasteiger charge is 2.26. The first-order valence-electron chi connectivity index (χ1n) is 8.31. The van der Waals surface area contributed by atoms with E-state index in [2.05, 4.69) is 5.32 Å². The van der Waals surface area contributed by atoms with Gasteiger partial charge >= 0.3 is 5.97 Å². The van der Waals surface area contributed by atoms with Gasteiger partial charge in [-0.1, -0.05) is 17.7 Å². The predicted molar refractivity (Wildman–Crippen MR) is 105 cm³/mol. The highest BCUT2D eigenvalue weighted by Crippen LogP contribution is 2.33. The number of hydrogen-bond donors (Lipinski definition) is 1. The summed E-state index contributed by atoms with van der Waals surface area (Å²) in [7, 11) is 2.73. The summed E-state index contributed by atoms with van der Waals surface area (Å²) >= 11 is 6.04. The third-order valence-electron chi connectivity index (χ3n) is 4.09. The lowest BCUT2D eigenvalue weighted by Gasteiger charge is -2.17. The standard InChI is InChI=1S/C20H20ClNO6/c1-11-14(21)6-5-7-15(11)22-19(24)12(2)28-20(25)17-13(10-23)8-9-16(26-3)18(17)27-4/h5-10,12H,1-4H3,(H,22,24)/t12-/m1/s1. The summed E-state index contributed by atoms with van der Waals surface area (Å²) in [6.07, 6.45) is -0.639. The molecule has 1 atom stereocenters. The van der Waals surface area contributed by atoms with Crippen LogP contribution in [0.15, 0.2) is 30.3 Å². The van der Waals surface area contributed by atoms with Crippen LogP contribution in [0.2, 0.25) is 5.02 Å². The zero-order valence-corrected chi connectivity index (χ0v) is 16.6. The van der Waals surface area contributed by atoms with Crippen molar-refractivity contribution in [3.63, 3.8) is 0 Å². The van der Waals surface area contributed by atoms with E-state index in [1.807, 2.05) is 0 Å². The number of esters is 1. The number of ether oxygens (including phenoxy) is 3. The number of carbonyl (C=O) groups excluding carboxylic acids is 3. The van der Waals surface area contributed by atoms with E-state index in [1.54, 1.807) is 25.1 Å². The molecular weight excluding hydrogens is 386 g/mol. The summed E-state index contributed by atoms with van der Waals surface area (Å²) in [6, 6.07) is 7.98. The molecule has 0 aromatic heterocycles. The molecule has 0 bridgehead atoms. The average molecular weight is 406 g/mol. The maximum atomic E-state index is 12.6. The van der Waals surface area contributed by atoms with Gasteiger partial charge in [-0.25, -0.2) is 4.79 Å². The van der Waals surface area contributed by atoms with Crippen molar-refractivity contribution in [2.24, 2.45) is 0 Å². The van der Waals surface area contributed by atoms with Crippen LogP contribution in [0.3, 0.4) is 0 Å². The Labute approximate surface area is 167 Å². The van der Waals surface area contributed by atoms with Crippen molar-refractivity contribution in [1.82, 2.24) is 0 Å². The summed E-state index contributed by atoms with van der Waals surface area (Å²) in [4.78, 5) is 36.4. The molecular formula is C20H20ClNO6. The van der Waals surface area contributed by atoms with Crippen molar-refractivity contribution in [1.29, 1.82) is 0 Å². The molecule has 2 aromatic rings. The van der Waals surface area contributed by atoms with E-state index in [0.717, 1.165) is 0 Å². The monoisotopic (exact) mass is 405 g/mol. The molecule has 0 aliphatic carbocycles. The molecule has 148 valence electrons. The smallest absolute Gasteiger partial charge is 0.343 e. The Bertz CT molecular complexity index is 912. The third kappa shape index (κ3) is 4.43. The van der Waals surface area contributed by atoms with Crippen LogP contribution in [0.25, 0.3) is 0 Å². The van der Waals surface area contributed by atoms with Gasteiger partial charge in [-0.15, -0.1) is 0 Å². The molecule has 0 fully saturated rings. The van der Waals surface area contributed by atoms with Gasteiger partial charge in [0.25, 0.3) is 5.91 Å². The number of hydrogen-bond acceptors (Lipinski definition) is 6. The molecule has 0 saturated heterocycles. The van der Waals surface area contributed by atoms with Crippen LogP contribution < -0.4 is 14.8 Å². The second-order valence-electron chi connectivity index (χ2n) is 5.83. The molecule has 0 aliphatic heterocycles. The summed E-state index contributed by atoms with van der Waals surface area (Å²) < 4.78 is 15.6. The first-order chi connectivity index (χ1) is 13.3. The predicted octanol–water partition coefficient (Wildman–Crippen LogP) is 3.66. The molecule has 8 heteroatoms. The van der Waals surface area contributed by atoms with E-state index in [-0.39, 0.29) is 22.6 Å². The molecule has 1 N–H and O–H groups in total. The molecule has 0 saturated carbocycles. The Morgan fingerprint density at radius 3 is 2.46 bits per heavy atom. The molecule has 28 heavy (non-hydrogen) atoms. The summed E-state index contributed by atoms with van der Waals surface area (Å²) in [6.45, 7) is 3.17. The molecule has 7 nitrogen and oxygen atoms in total. The largest absolute Gasteiger partial charge is 0.493 e. The number of anilines is 1. The number of benzene rings is 2. The highest BCUT2D eigenvalue weighted by atomic mass is 35.5. The molecule has 0 spiro atoms. The highest BCUT2D eigenvalue weighted by molar-refractivity contribution is 6.31. The number of rotatable bonds is 7. The summed E-state index contributed by atoms with van der Waals surface area (Å²) in [5.41, 5.74) is 1.14. The second-order valence-corrected chi connectivity index (χ2v) is 6.24. The van der Waals surface area contributed by atoms with Crippen molar-refractivity contribution < 1.29 is 28.6 Å². The fourth-order valence-corrected chi connectivity index (χ4v) is 2.68. The van der Waals surface area contributed by atoms with E-state index in [1.165, 1.54) is 33.3 Å². The maximum absolute atomic E-state index is 12.6. The lowest BCUT2D eigenvalue weighted by Crippen LogP contribution is -2.30. The van der Waals surface area contributed by atoms with Gasteiger partial charge in [0, 0.05) is 16.3 Å². The summed E-state index contributed by atoms with van der Waals surface area (Å²) in [5.74, 6) is -1.13. The van der Waals surface area contributed by atoms with E-state index < -0.39 is 18.0 Å². The maximum Gasteiger partial charge on any atom is 0.343 e. The minimum absolute atomic E-state index is 0.0513. The molecule has 2 rings (SSSR count). The molecule has 2 aromatic carbocycles. The van der Waals surface area contributed by atoms with Crippen LogP contribution in [0, 0.1) is 6.92 Å². The average Bonchev–Trinajstić information content (AvgIpc) is 2.69. The first kappa shape index (κ1) is 21.2. The van der Waals surface area contributed by atoms with Gasteiger partial charge in [0.15, 0.2) is 23.9 Å². The van der Waals surface area contributed by atoms with Gasteiger partial charge in [0.05, 0.1) is 14.2 Å². The normalized spacial score (nSPS) is 11.3. The zero-order chi connectivity index (χ0) is 20.8. The van der Waals surface area contributed by atoms with Crippen LogP contribution in [0.5, 0.6) is 11.5 Å². The van der Waals surface area contributed by atoms with Crippen LogP contribution in [0.4, 0.5) is 5.69 Å². The molecule has 0 unspecified atom stereocenters. The number of methoxy groups -OCH3 is 2. The Morgan fingerprint density at radius 2 is 1.86 bits per heavy atom. The Hall–Kier alpha value is -3.06. The Kier molecular flexibility index (Phi) is 7.00. The fourth-order valence-electron chi connectivity index (χ4n) is 2.50. The van der Waals surface area contributed by atoms with Gasteiger partial charge in [-0.2, -0.15) is 0 Å². The summed E-state index contributed by atoms with van der Waals surface area (Å²) in [5, 5.41) is 3.16. The Morgan fingerprint density at radius 1 is 1.14 bits per heavy atom. The number of amides is 1. The van der Waals surface area contributed by atoms with E-state index >= 15 is 0 Å². The van der Waals surface area contributed by atoms with Gasteiger partial charge < -0.3 is 19.5 Å². The van der Waals surface area contributed by atoms with Gasteiger partial charge in [0.1, 0.15) is 5.56 Å². The van der Waals surface area contributed by atoms with Crippen LogP contribution in [-0.4, -0.2) is 38.5 Å². The second kappa shape index (κ2) is 9.23. The number of nitrogens with one attached hydrogen (secondary N) is 1. The molecule has 0 radical (unpaired) electrons. The first-order valence-corrected chi connectivity index (χ1v) is 8.68. The van der Waals surface area contributed by atoms with Crippen LogP contribution in [-0.2, 0) is 9.53 Å². The number of aldehydes is 1. The van der Waals surface area contributed by atoms with Crippen LogP contribution >= 0.6 is 11.6 Å². The van der Waals surface area contributed by atoms with E-state index in [4.69, 9.17) is 25.8 Å². The SMILES string of the molecule is COc1ccc(C=O)c(C(=O)O[C@H](C)C(=O)Nc2cccc(Cl)c2C)c1OC.